The Labute approximate surface area is 330 Å². The zero-order valence-corrected chi connectivity index (χ0v) is 32.7. The average molecular weight is 784 g/mol. The fourth-order valence-corrected chi connectivity index (χ4v) is 9.01. The molecule has 2 amide bonds. The van der Waals surface area contributed by atoms with Crippen LogP contribution < -0.4 is 20.4 Å². The number of piperazine rings is 1. The maximum Gasteiger partial charge on any atom is 0.437 e. The zero-order valence-electron chi connectivity index (χ0n) is 32.7. The molecular weight excluding hydrogens is 736 g/mol. The van der Waals surface area contributed by atoms with E-state index < -0.39 is 23.6 Å². The third-order valence-electron chi connectivity index (χ3n) is 11.8. The highest BCUT2D eigenvalue weighted by Crippen LogP contribution is 2.41. The van der Waals surface area contributed by atoms with Crippen LogP contribution in [0.3, 0.4) is 0 Å². The maximum atomic E-state index is 14.5. The van der Waals surface area contributed by atoms with Crippen molar-refractivity contribution in [3.8, 4) is 11.3 Å². The summed E-state index contributed by atoms with van der Waals surface area (Å²) in [7, 11) is 0. The topological polar surface area (TPSA) is 121 Å². The molecule has 12 nitrogen and oxygen atoms in total. The van der Waals surface area contributed by atoms with Gasteiger partial charge in [0, 0.05) is 86.7 Å². The summed E-state index contributed by atoms with van der Waals surface area (Å²) in [6.45, 7) is 16.9. The normalized spacial score (nSPS) is 20.0. The number of halogens is 3. The van der Waals surface area contributed by atoms with Crippen LogP contribution in [-0.2, 0) is 35.1 Å². The zero-order chi connectivity index (χ0) is 40.2. The lowest BCUT2D eigenvalue weighted by Gasteiger charge is -2.45. The number of benzene rings is 1. The number of nitrogens with zero attached hydrogens (tertiary/aromatic N) is 7. The van der Waals surface area contributed by atoms with Crippen molar-refractivity contribution < 1.29 is 27.5 Å². The van der Waals surface area contributed by atoms with Crippen molar-refractivity contribution in [1.29, 1.82) is 0 Å². The molecule has 0 spiro atoms. The second-order valence-electron chi connectivity index (χ2n) is 16.3. The number of fused-ring (bicyclic) bond motifs is 3. The third-order valence-corrected chi connectivity index (χ3v) is 11.8. The summed E-state index contributed by atoms with van der Waals surface area (Å²) in [6.07, 6.45) is 2.76. The molecule has 2 saturated heterocycles. The van der Waals surface area contributed by atoms with Crippen LogP contribution in [0.25, 0.3) is 11.3 Å². The predicted molar refractivity (Wildman–Crippen MR) is 213 cm³/mol. The number of ether oxygens (including phenoxy) is 1. The van der Waals surface area contributed by atoms with E-state index in [0.29, 0.717) is 54.0 Å². The number of alkyl halides is 3. The Bertz CT molecular complexity index is 2230. The highest BCUT2D eigenvalue weighted by molar-refractivity contribution is 6.06. The van der Waals surface area contributed by atoms with Gasteiger partial charge in [-0.15, -0.1) is 0 Å². The van der Waals surface area contributed by atoms with Gasteiger partial charge >= 0.3 is 6.18 Å². The molecule has 3 aliphatic heterocycles. The highest BCUT2D eigenvalue weighted by atomic mass is 19.4. The van der Waals surface area contributed by atoms with Crippen molar-refractivity contribution in [1.82, 2.24) is 24.4 Å². The molecule has 4 aliphatic rings. The number of nitrogens with one attached hydrogen (secondary N) is 2. The molecule has 0 saturated carbocycles. The molecule has 0 unspecified atom stereocenters. The van der Waals surface area contributed by atoms with E-state index in [-0.39, 0.29) is 28.7 Å². The first-order valence-corrected chi connectivity index (χ1v) is 19.6. The van der Waals surface area contributed by atoms with Gasteiger partial charge in [-0.2, -0.15) is 13.2 Å². The third kappa shape index (κ3) is 7.50. The minimum Gasteiger partial charge on any atom is -0.381 e. The fraction of sp³-hybridized carbons (Fsp3) is 0.452. The standard InChI is InChI=1S/C42H48F3N9O3/c1-6-36(55)49-31-20-28(7-8-33(31)52-14-13-51(24-25(52)2)29-10-17-57-18-11-29)48-38-37(42(43,44)45)47-23-32(50-38)30-9-12-46-39(26(30)3)54-16-15-53-34(40(54)56)19-27-21-41(4,5)22-35(27)53/h6-9,12,19-20,23,25,29H,1,10-11,13-18,21-22,24H2,2-5H3,(H,48,50)(H,49,55)/t25-/m0/s1. The molecule has 0 bridgehead atoms. The van der Waals surface area contributed by atoms with Gasteiger partial charge in [-0.3, -0.25) is 19.4 Å². The first-order valence-electron chi connectivity index (χ1n) is 19.6. The van der Waals surface area contributed by atoms with Gasteiger partial charge in [0.05, 0.1) is 23.3 Å². The van der Waals surface area contributed by atoms with Gasteiger partial charge in [0.2, 0.25) is 5.91 Å². The second-order valence-corrected chi connectivity index (χ2v) is 16.3. The van der Waals surface area contributed by atoms with Gasteiger partial charge in [-0.05, 0) is 86.9 Å². The average Bonchev–Trinajstić information content (AvgIpc) is 3.67. The van der Waals surface area contributed by atoms with E-state index in [9.17, 15) is 22.8 Å². The molecular formula is C42H48F3N9O3. The molecule has 2 fully saturated rings. The van der Waals surface area contributed by atoms with Crippen LogP contribution in [0, 0.1) is 12.3 Å². The number of pyridine rings is 1. The molecule has 1 aliphatic carbocycles. The van der Waals surface area contributed by atoms with Gasteiger partial charge in [0.25, 0.3) is 5.91 Å². The predicted octanol–water partition coefficient (Wildman–Crippen LogP) is 7.01. The molecule has 2 N–H and O–H groups in total. The van der Waals surface area contributed by atoms with Gasteiger partial charge in [0.1, 0.15) is 11.5 Å². The van der Waals surface area contributed by atoms with Crippen LogP contribution in [0.4, 0.5) is 41.9 Å². The van der Waals surface area contributed by atoms with E-state index in [0.717, 1.165) is 69.9 Å². The summed E-state index contributed by atoms with van der Waals surface area (Å²) in [6, 6.07) is 9.30. The van der Waals surface area contributed by atoms with E-state index in [1.165, 1.54) is 17.5 Å². The monoisotopic (exact) mass is 783 g/mol. The molecule has 4 aromatic rings. The van der Waals surface area contributed by atoms with Crippen molar-refractivity contribution in [3.63, 3.8) is 0 Å². The maximum absolute atomic E-state index is 14.5. The molecule has 1 aromatic carbocycles. The second kappa shape index (κ2) is 14.9. The number of amides is 2. The van der Waals surface area contributed by atoms with Crippen molar-refractivity contribution in [2.45, 2.75) is 78.2 Å². The van der Waals surface area contributed by atoms with Crippen LogP contribution >= 0.6 is 0 Å². The van der Waals surface area contributed by atoms with Crippen LogP contribution in [0.1, 0.15) is 66.6 Å². The van der Waals surface area contributed by atoms with Crippen LogP contribution in [0.15, 0.2) is 55.4 Å². The van der Waals surface area contributed by atoms with Gasteiger partial charge in [-0.1, -0.05) is 20.4 Å². The van der Waals surface area contributed by atoms with Gasteiger partial charge < -0.3 is 24.8 Å². The minimum atomic E-state index is -4.82. The SMILES string of the molecule is C=CC(=O)Nc1cc(Nc2nc(-c3ccnc(N4CCn5c(cc6c5CC(C)(C)C6)C4=O)c3C)cnc2C(F)(F)F)ccc1N1CCN(C2CCOCC2)C[C@@H]1C. The van der Waals surface area contributed by atoms with Crippen LogP contribution in [0.2, 0.25) is 0 Å². The van der Waals surface area contributed by atoms with E-state index in [4.69, 9.17) is 4.74 Å². The Balaban J connectivity index is 1.08. The Hall–Kier alpha value is -5.28. The van der Waals surface area contributed by atoms with Crippen molar-refractivity contribution in [2.75, 3.05) is 59.8 Å². The number of hydrogen-bond acceptors (Lipinski definition) is 9. The number of rotatable bonds is 8. The van der Waals surface area contributed by atoms with Crippen molar-refractivity contribution in [2.24, 2.45) is 5.41 Å². The summed E-state index contributed by atoms with van der Waals surface area (Å²) in [5.41, 5.74) is 4.69. The molecule has 0 radical (unpaired) electrons. The lowest BCUT2D eigenvalue weighted by Crippen LogP contribution is -2.56. The number of carbonyl (C=O) groups is 2. The van der Waals surface area contributed by atoms with Crippen LogP contribution in [0.5, 0.6) is 0 Å². The largest absolute Gasteiger partial charge is 0.437 e. The number of hydrogen-bond donors (Lipinski definition) is 2. The lowest BCUT2D eigenvalue weighted by atomic mass is 9.90. The molecule has 300 valence electrons. The number of anilines is 5. The van der Waals surface area contributed by atoms with Gasteiger partial charge in [0.15, 0.2) is 11.5 Å². The van der Waals surface area contributed by atoms with Crippen LogP contribution in [-0.4, -0.2) is 87.7 Å². The Morgan fingerprint density at radius 3 is 2.58 bits per heavy atom. The molecule has 15 heteroatoms. The van der Waals surface area contributed by atoms with E-state index in [1.54, 1.807) is 36.1 Å². The minimum absolute atomic E-state index is 0.103. The molecule has 57 heavy (non-hydrogen) atoms. The summed E-state index contributed by atoms with van der Waals surface area (Å²) in [5.74, 6) is -0.700. The molecule has 8 rings (SSSR count). The van der Waals surface area contributed by atoms with Crippen molar-refractivity contribution in [3.05, 3.63) is 83.6 Å². The smallest absolute Gasteiger partial charge is 0.381 e. The number of aromatic nitrogens is 4. The first-order chi connectivity index (χ1) is 27.2. The quantitative estimate of drug-likeness (QED) is 0.182. The van der Waals surface area contributed by atoms with Crippen molar-refractivity contribution >= 4 is 40.5 Å². The van der Waals surface area contributed by atoms with Gasteiger partial charge in [-0.25, -0.2) is 15.0 Å². The lowest BCUT2D eigenvalue weighted by molar-refractivity contribution is -0.140. The number of carbonyl (C=O) groups excluding carboxylic acids is 2. The summed E-state index contributed by atoms with van der Waals surface area (Å²) < 4.78 is 51.1. The molecule has 1 atom stereocenters. The molecule has 6 heterocycles. The Morgan fingerprint density at radius 2 is 1.84 bits per heavy atom. The van der Waals surface area contributed by atoms with E-state index in [2.05, 4.69) is 67.3 Å². The van der Waals surface area contributed by atoms with E-state index >= 15 is 0 Å². The first kappa shape index (κ1) is 38.6. The summed E-state index contributed by atoms with van der Waals surface area (Å²) in [5, 5.41) is 5.72. The summed E-state index contributed by atoms with van der Waals surface area (Å²) in [4.78, 5) is 45.8. The van der Waals surface area contributed by atoms with E-state index in [1.807, 2.05) is 6.07 Å². The highest BCUT2D eigenvalue weighted by Gasteiger charge is 2.39. The Morgan fingerprint density at radius 1 is 1.05 bits per heavy atom. The fourth-order valence-electron chi connectivity index (χ4n) is 9.01. The molecule has 3 aromatic heterocycles. The Kier molecular flexibility index (Phi) is 10.1. The summed E-state index contributed by atoms with van der Waals surface area (Å²) >= 11 is 0.